The molecule has 2 aliphatic rings. The molecule has 4 N–H and O–H groups in total. The van der Waals surface area contributed by atoms with Gasteiger partial charge in [0, 0.05) is 38.3 Å². The number of carbonyl (C=O) groups is 2. The average Bonchev–Trinajstić information content (AvgIpc) is 2.87. The maximum atomic E-state index is 13.0. The number of methoxy groups -OCH3 is 1. The Bertz CT molecular complexity index is 1120. The van der Waals surface area contributed by atoms with Gasteiger partial charge in [-0.15, -0.1) is 0 Å². The summed E-state index contributed by atoms with van der Waals surface area (Å²) in [6.45, 7) is 9.92. The van der Waals surface area contributed by atoms with Gasteiger partial charge in [-0.05, 0) is 68.0 Å². The number of piperidine rings is 1. The Balaban J connectivity index is 1.66. The molecule has 0 unspecified atom stereocenters. The molecular weight excluding hydrogens is 456 g/mol. The molecule has 0 atom stereocenters. The summed E-state index contributed by atoms with van der Waals surface area (Å²) in [7, 11) is 1.53. The maximum absolute atomic E-state index is 13.0. The molecule has 0 aromatic heterocycles. The van der Waals surface area contributed by atoms with Crippen LogP contribution < -0.4 is 15.4 Å². The van der Waals surface area contributed by atoms with Crippen molar-refractivity contribution in [2.24, 2.45) is 0 Å². The van der Waals surface area contributed by atoms with E-state index in [9.17, 15) is 9.59 Å². The summed E-state index contributed by atoms with van der Waals surface area (Å²) in [5.74, 6) is 0.921. The lowest BCUT2D eigenvalue weighted by molar-refractivity contribution is 0.0964. The first-order valence-electron chi connectivity index (χ1n) is 12.3. The van der Waals surface area contributed by atoms with Gasteiger partial charge in [0.05, 0.1) is 12.7 Å². The molecule has 9 heteroatoms. The van der Waals surface area contributed by atoms with Crippen molar-refractivity contribution in [3.05, 3.63) is 64.9 Å². The Hall–Kier alpha value is -3.88. The molecule has 0 radical (unpaired) electrons. The summed E-state index contributed by atoms with van der Waals surface area (Å²) in [6.07, 6.45) is 8.53. The third-order valence-electron chi connectivity index (χ3n) is 6.33. The minimum absolute atomic E-state index is 0.114. The van der Waals surface area contributed by atoms with Gasteiger partial charge in [0.1, 0.15) is 17.4 Å². The minimum atomic E-state index is -0.352. The number of amidine groups is 2. The topological polar surface area (TPSA) is 122 Å². The maximum Gasteiger partial charge on any atom is 0.317 e. The van der Waals surface area contributed by atoms with Crippen molar-refractivity contribution in [2.75, 3.05) is 26.7 Å². The summed E-state index contributed by atoms with van der Waals surface area (Å²) in [5.41, 5.74) is 3.48. The number of nitrogens with zero attached hydrogens (tertiary/aromatic N) is 2. The summed E-state index contributed by atoms with van der Waals surface area (Å²) >= 11 is 0. The number of nitrogens with one attached hydrogen (secondary N) is 4. The Kier molecular flexibility index (Phi) is 9.05. The van der Waals surface area contributed by atoms with Crippen LogP contribution in [0.5, 0.6) is 5.75 Å². The van der Waals surface area contributed by atoms with Crippen molar-refractivity contribution in [3.8, 4) is 5.75 Å². The molecule has 1 aromatic carbocycles. The Morgan fingerprint density at radius 1 is 1.19 bits per heavy atom. The molecule has 0 aliphatic carbocycles. The van der Waals surface area contributed by atoms with Gasteiger partial charge in [0.2, 0.25) is 0 Å². The van der Waals surface area contributed by atoms with Gasteiger partial charge in [-0.3, -0.25) is 15.6 Å². The summed E-state index contributed by atoms with van der Waals surface area (Å²) in [4.78, 5) is 28.7. The first-order valence-corrected chi connectivity index (χ1v) is 12.3. The Labute approximate surface area is 212 Å². The third-order valence-corrected chi connectivity index (χ3v) is 6.33. The number of urea groups is 1. The van der Waals surface area contributed by atoms with Gasteiger partial charge in [-0.2, -0.15) is 0 Å². The van der Waals surface area contributed by atoms with E-state index >= 15 is 0 Å². The molecular formula is C27H36N6O3. The number of rotatable bonds is 7. The monoisotopic (exact) mass is 492 g/mol. The Morgan fingerprint density at radius 3 is 2.67 bits per heavy atom. The summed E-state index contributed by atoms with van der Waals surface area (Å²) in [5, 5.41) is 22.0. The first kappa shape index (κ1) is 26.7. The number of amides is 3. The van der Waals surface area contributed by atoms with Gasteiger partial charge in [-0.25, -0.2) is 4.79 Å². The SMILES string of the molecule is C=C(/C=C\C=C(/C)C(=N)N1CCCCC1=N)NC(=O)c1cc2c(cc1OC)CCN(C(=O)NCC)C2. The van der Waals surface area contributed by atoms with Crippen LogP contribution in [0.1, 0.15) is 54.6 Å². The van der Waals surface area contributed by atoms with Crippen LogP contribution in [0.3, 0.4) is 0 Å². The fourth-order valence-corrected chi connectivity index (χ4v) is 4.30. The van der Waals surface area contributed by atoms with E-state index in [2.05, 4.69) is 17.2 Å². The average molecular weight is 493 g/mol. The predicted octanol–water partition coefficient (Wildman–Crippen LogP) is 3.97. The zero-order valence-electron chi connectivity index (χ0n) is 21.4. The van der Waals surface area contributed by atoms with Crippen molar-refractivity contribution in [1.29, 1.82) is 10.8 Å². The van der Waals surface area contributed by atoms with Crippen molar-refractivity contribution in [3.63, 3.8) is 0 Å². The number of ether oxygens (including phenoxy) is 1. The molecule has 192 valence electrons. The fraction of sp³-hybridized carbons (Fsp3) is 0.407. The molecule has 1 fully saturated rings. The van der Waals surface area contributed by atoms with E-state index in [1.54, 1.807) is 34.1 Å². The van der Waals surface area contributed by atoms with E-state index in [-0.39, 0.29) is 11.9 Å². The molecule has 9 nitrogen and oxygen atoms in total. The van der Waals surface area contributed by atoms with E-state index in [1.165, 1.54) is 7.11 Å². The normalized spacial score (nSPS) is 16.0. The molecule has 2 aliphatic heterocycles. The molecule has 0 bridgehead atoms. The van der Waals surface area contributed by atoms with E-state index < -0.39 is 0 Å². The van der Waals surface area contributed by atoms with E-state index in [4.69, 9.17) is 15.6 Å². The number of allylic oxidation sites excluding steroid dienone is 3. The number of carbonyl (C=O) groups excluding carboxylic acids is 2. The van der Waals surface area contributed by atoms with Crippen LogP contribution in [0.25, 0.3) is 0 Å². The highest BCUT2D eigenvalue weighted by molar-refractivity contribution is 6.06. The van der Waals surface area contributed by atoms with Gasteiger partial charge >= 0.3 is 6.03 Å². The van der Waals surface area contributed by atoms with Crippen molar-refractivity contribution < 1.29 is 14.3 Å². The number of benzene rings is 1. The highest BCUT2D eigenvalue weighted by Gasteiger charge is 2.24. The van der Waals surface area contributed by atoms with Gasteiger partial charge in [0.15, 0.2) is 0 Å². The third kappa shape index (κ3) is 6.41. The molecule has 2 heterocycles. The minimum Gasteiger partial charge on any atom is -0.496 e. The second-order valence-electron chi connectivity index (χ2n) is 8.92. The number of likely N-dealkylation sites (tertiary alicyclic amines) is 1. The lowest BCUT2D eigenvalue weighted by atomic mass is 9.96. The van der Waals surface area contributed by atoms with Crippen LogP contribution in [0.15, 0.2) is 48.2 Å². The first-order chi connectivity index (χ1) is 17.2. The smallest absolute Gasteiger partial charge is 0.317 e. The van der Waals surface area contributed by atoms with Gasteiger partial charge in [0.25, 0.3) is 5.91 Å². The molecule has 0 saturated carbocycles. The fourth-order valence-electron chi connectivity index (χ4n) is 4.30. The Morgan fingerprint density at radius 2 is 1.97 bits per heavy atom. The molecule has 1 saturated heterocycles. The second-order valence-corrected chi connectivity index (χ2v) is 8.92. The molecule has 36 heavy (non-hydrogen) atoms. The highest BCUT2D eigenvalue weighted by atomic mass is 16.5. The summed E-state index contributed by atoms with van der Waals surface area (Å²) in [6, 6.07) is 3.54. The lowest BCUT2D eigenvalue weighted by Gasteiger charge is -2.29. The van der Waals surface area contributed by atoms with E-state index in [1.807, 2.05) is 19.9 Å². The van der Waals surface area contributed by atoms with Crippen molar-refractivity contribution in [1.82, 2.24) is 20.4 Å². The second kappa shape index (κ2) is 12.2. The van der Waals surface area contributed by atoms with Crippen LogP contribution in [-0.4, -0.2) is 60.2 Å². The van der Waals surface area contributed by atoms with Crippen LogP contribution >= 0.6 is 0 Å². The molecule has 1 aromatic rings. The van der Waals surface area contributed by atoms with Crippen LogP contribution in [0.2, 0.25) is 0 Å². The van der Waals surface area contributed by atoms with E-state index in [0.29, 0.717) is 67.7 Å². The number of hydrogen-bond donors (Lipinski definition) is 4. The molecule has 3 rings (SSSR count). The number of fused-ring (bicyclic) bond motifs is 1. The largest absolute Gasteiger partial charge is 0.496 e. The summed E-state index contributed by atoms with van der Waals surface area (Å²) < 4.78 is 5.48. The molecule has 3 amide bonds. The van der Waals surface area contributed by atoms with Crippen LogP contribution in [0.4, 0.5) is 4.79 Å². The quantitative estimate of drug-likeness (QED) is 0.261. The number of hydrogen-bond acceptors (Lipinski definition) is 5. The van der Waals surface area contributed by atoms with E-state index in [0.717, 1.165) is 29.5 Å². The van der Waals surface area contributed by atoms with Crippen LogP contribution in [-0.2, 0) is 13.0 Å². The lowest BCUT2D eigenvalue weighted by Crippen LogP contribution is -2.42. The van der Waals surface area contributed by atoms with Gasteiger partial charge < -0.3 is 25.2 Å². The van der Waals surface area contributed by atoms with Gasteiger partial charge in [-0.1, -0.05) is 18.7 Å². The highest BCUT2D eigenvalue weighted by Crippen LogP contribution is 2.28. The van der Waals surface area contributed by atoms with Crippen molar-refractivity contribution >= 4 is 23.6 Å². The zero-order valence-corrected chi connectivity index (χ0v) is 21.4. The predicted molar refractivity (Wildman–Crippen MR) is 142 cm³/mol. The van der Waals surface area contributed by atoms with Crippen molar-refractivity contribution in [2.45, 2.75) is 46.1 Å². The zero-order chi connectivity index (χ0) is 26.2. The van der Waals surface area contributed by atoms with Crippen LogP contribution in [0, 0.1) is 10.8 Å². The standard InChI is InChI=1S/C27H36N6O3/c1-5-30-27(35)32-14-12-20-16-23(36-4)22(15-21(20)17-32)26(34)31-19(3)10-8-9-18(2)25(29)33-13-7-6-11-24(33)28/h8-10,15-16,28-29H,3,5-7,11-14,17H2,1-2,4H3,(H,30,35)(H,31,34)/b10-8-,18-9+,28-24?,29-25?. The molecule has 0 spiro atoms.